The Morgan fingerprint density at radius 3 is 2.44 bits per heavy atom. The van der Waals surface area contributed by atoms with Crippen molar-refractivity contribution in [2.75, 3.05) is 44.8 Å². The van der Waals surface area contributed by atoms with Crippen molar-refractivity contribution in [3.63, 3.8) is 0 Å². The first-order valence-electron chi connectivity index (χ1n) is 8.72. The molecule has 144 valence electrons. The Bertz CT molecular complexity index is 832. The topological polar surface area (TPSA) is 58.3 Å². The van der Waals surface area contributed by atoms with Crippen LogP contribution in [-0.4, -0.2) is 58.9 Å². The van der Waals surface area contributed by atoms with Crippen LogP contribution in [0.2, 0.25) is 10.0 Å². The molecule has 0 bridgehead atoms. The molecular weight excluding hydrogens is 405 g/mol. The van der Waals surface area contributed by atoms with Crippen LogP contribution >= 0.6 is 34.8 Å². The molecule has 1 fully saturated rings. The van der Waals surface area contributed by atoms with Gasteiger partial charge >= 0.3 is 0 Å². The van der Waals surface area contributed by atoms with E-state index in [1.54, 1.807) is 18.5 Å². The van der Waals surface area contributed by atoms with Crippen LogP contribution in [-0.2, 0) is 6.42 Å². The molecule has 2 N–H and O–H groups in total. The van der Waals surface area contributed by atoms with Crippen molar-refractivity contribution in [1.29, 1.82) is 0 Å². The molecule has 0 radical (unpaired) electrons. The van der Waals surface area contributed by atoms with Gasteiger partial charge in [-0.05, 0) is 36.7 Å². The van der Waals surface area contributed by atoms with E-state index in [1.807, 2.05) is 12.1 Å². The molecule has 0 atom stereocenters. The van der Waals surface area contributed by atoms with Crippen molar-refractivity contribution in [1.82, 2.24) is 19.8 Å². The molecule has 2 heterocycles. The molecule has 0 aliphatic carbocycles. The number of alkyl halides is 1. The molecule has 3 rings (SSSR count). The number of anilines is 1. The Morgan fingerprint density at radius 1 is 1.11 bits per heavy atom. The highest BCUT2D eigenvalue weighted by atomic mass is 35.5. The first-order chi connectivity index (χ1) is 13.0. The average Bonchev–Trinajstić information content (AvgIpc) is 2.65. The minimum Gasteiger partial charge on any atom is -0.382 e. The monoisotopic (exact) mass is 425 g/mol. The van der Waals surface area contributed by atoms with Crippen LogP contribution in [0.3, 0.4) is 0 Å². The van der Waals surface area contributed by atoms with E-state index in [9.17, 15) is 0 Å². The zero-order valence-electron chi connectivity index (χ0n) is 15.1. The van der Waals surface area contributed by atoms with E-state index in [2.05, 4.69) is 26.8 Å². The summed E-state index contributed by atoms with van der Waals surface area (Å²) in [5.41, 5.74) is 9.76. The Hall–Kier alpha value is -1.53. The number of benzene rings is 1. The van der Waals surface area contributed by atoms with E-state index < -0.39 is 0 Å². The third-order valence-electron chi connectivity index (χ3n) is 4.69. The minimum absolute atomic E-state index is 0.344. The Morgan fingerprint density at radius 2 is 1.81 bits per heavy atom. The summed E-state index contributed by atoms with van der Waals surface area (Å²) in [5, 5.41) is 1.23. The van der Waals surface area contributed by atoms with E-state index >= 15 is 0 Å². The fraction of sp³-hybridized carbons (Fsp3) is 0.368. The number of likely N-dealkylation sites (N-methyl/N-ethyl adjacent to an activating group) is 1. The highest BCUT2D eigenvalue weighted by Gasteiger charge is 2.24. The van der Waals surface area contributed by atoms with E-state index in [0.29, 0.717) is 33.9 Å². The second kappa shape index (κ2) is 9.11. The molecular formula is C19H22Cl3N5. The van der Waals surface area contributed by atoms with Crippen LogP contribution < -0.4 is 5.73 Å². The van der Waals surface area contributed by atoms with Crippen LogP contribution in [0.15, 0.2) is 36.2 Å². The highest BCUT2D eigenvalue weighted by Crippen LogP contribution is 2.31. The van der Waals surface area contributed by atoms with Crippen LogP contribution in [0.1, 0.15) is 11.3 Å². The van der Waals surface area contributed by atoms with Gasteiger partial charge in [-0.1, -0.05) is 29.3 Å². The molecule has 8 heteroatoms. The van der Waals surface area contributed by atoms with Gasteiger partial charge in [-0.3, -0.25) is 0 Å². The minimum atomic E-state index is 0.344. The number of allylic oxidation sites excluding steroid dienone is 1. The van der Waals surface area contributed by atoms with Gasteiger partial charge in [0.25, 0.3) is 0 Å². The lowest BCUT2D eigenvalue weighted by atomic mass is 10.0. The van der Waals surface area contributed by atoms with Crippen LogP contribution in [0.5, 0.6) is 0 Å². The van der Waals surface area contributed by atoms with Gasteiger partial charge in [0.2, 0.25) is 0 Å². The van der Waals surface area contributed by atoms with E-state index in [4.69, 9.17) is 40.5 Å². The van der Waals surface area contributed by atoms with Crippen molar-refractivity contribution in [2.45, 2.75) is 6.42 Å². The van der Waals surface area contributed by atoms with Crippen molar-refractivity contribution < 1.29 is 0 Å². The summed E-state index contributed by atoms with van der Waals surface area (Å²) in [7, 11) is 2.12. The summed E-state index contributed by atoms with van der Waals surface area (Å²) in [6.45, 7) is 3.66. The summed E-state index contributed by atoms with van der Waals surface area (Å²) in [4.78, 5) is 13.3. The van der Waals surface area contributed by atoms with Crippen LogP contribution in [0.4, 0.5) is 5.82 Å². The Balaban J connectivity index is 2.06. The molecule has 1 aromatic carbocycles. The molecule has 2 aromatic rings. The maximum Gasteiger partial charge on any atom is 0.151 e. The number of hydrogen-bond donors (Lipinski definition) is 1. The second-order valence-electron chi connectivity index (χ2n) is 6.58. The lowest BCUT2D eigenvalue weighted by Gasteiger charge is -2.36. The summed E-state index contributed by atoms with van der Waals surface area (Å²) in [5.74, 6) is 0.743. The summed E-state index contributed by atoms with van der Waals surface area (Å²) in [6.07, 6.45) is 3.84. The molecule has 27 heavy (non-hydrogen) atoms. The first kappa shape index (κ1) is 20.2. The molecule has 5 nitrogen and oxygen atoms in total. The highest BCUT2D eigenvalue weighted by molar-refractivity contribution is 6.35. The second-order valence-corrected chi connectivity index (χ2v) is 7.69. The molecule has 1 aromatic heterocycles. The largest absolute Gasteiger partial charge is 0.382 e. The van der Waals surface area contributed by atoms with E-state index in [0.717, 1.165) is 43.0 Å². The third kappa shape index (κ3) is 4.85. The number of halogens is 3. The van der Waals surface area contributed by atoms with Gasteiger partial charge in [-0.25, -0.2) is 9.97 Å². The summed E-state index contributed by atoms with van der Waals surface area (Å²) in [6, 6.07) is 5.51. The fourth-order valence-electron chi connectivity index (χ4n) is 3.19. The third-order valence-corrected chi connectivity index (χ3v) is 5.60. The predicted octanol–water partition coefficient (Wildman–Crippen LogP) is 3.81. The number of nitrogens with zero attached hydrogens (tertiary/aromatic N) is 4. The molecule has 0 unspecified atom stereocenters. The van der Waals surface area contributed by atoms with Crippen LogP contribution in [0, 0.1) is 0 Å². The normalized spacial score (nSPS) is 16.4. The average molecular weight is 427 g/mol. The van der Waals surface area contributed by atoms with Gasteiger partial charge in [0.15, 0.2) is 5.82 Å². The van der Waals surface area contributed by atoms with Gasteiger partial charge in [0.1, 0.15) is 5.69 Å². The zero-order valence-corrected chi connectivity index (χ0v) is 17.4. The first-order valence-corrected chi connectivity index (χ1v) is 10.0. The molecule has 0 spiro atoms. The van der Waals surface area contributed by atoms with Gasteiger partial charge in [0, 0.05) is 54.5 Å². The van der Waals surface area contributed by atoms with Gasteiger partial charge < -0.3 is 15.5 Å². The predicted molar refractivity (Wildman–Crippen MR) is 113 cm³/mol. The molecule has 0 amide bonds. The zero-order chi connectivity index (χ0) is 19.4. The number of hydrogen-bond acceptors (Lipinski definition) is 5. The SMILES string of the molecule is CN1CCN(/C(=C(/CCl)Cc2ccc(Cl)cc2Cl)c2nccnc2N)CC1. The van der Waals surface area contributed by atoms with Gasteiger partial charge in [0.05, 0.1) is 5.70 Å². The van der Waals surface area contributed by atoms with Crippen molar-refractivity contribution in [3.05, 3.63) is 57.5 Å². The smallest absolute Gasteiger partial charge is 0.151 e. The number of nitrogen functional groups attached to an aromatic ring is 1. The van der Waals surface area contributed by atoms with Crippen molar-refractivity contribution >= 4 is 46.3 Å². The number of piperazine rings is 1. The summed E-state index contributed by atoms with van der Waals surface area (Å²) >= 11 is 18.8. The van der Waals surface area contributed by atoms with E-state index in [1.165, 1.54) is 0 Å². The van der Waals surface area contributed by atoms with E-state index in [-0.39, 0.29) is 0 Å². The maximum absolute atomic E-state index is 6.39. The molecule has 0 saturated carbocycles. The number of rotatable bonds is 5. The van der Waals surface area contributed by atoms with Crippen molar-refractivity contribution in [3.8, 4) is 0 Å². The molecule has 1 saturated heterocycles. The standard InChI is InChI=1S/C19H22Cl3N5/c1-26-6-8-27(9-7-26)18(17-19(23)25-5-4-24-17)14(12-20)10-13-2-3-15(21)11-16(13)22/h2-5,11H,6-10,12H2,1H3,(H2,23,25)/b18-14+. The van der Waals surface area contributed by atoms with Crippen LogP contribution in [0.25, 0.3) is 5.70 Å². The van der Waals surface area contributed by atoms with Gasteiger partial charge in [-0.2, -0.15) is 0 Å². The molecule has 1 aliphatic rings. The quantitative estimate of drug-likeness (QED) is 0.737. The number of aromatic nitrogens is 2. The number of nitrogens with two attached hydrogens (primary N) is 1. The Kier molecular flexibility index (Phi) is 6.82. The maximum atomic E-state index is 6.39. The van der Waals surface area contributed by atoms with Gasteiger partial charge in [-0.15, -0.1) is 11.6 Å². The van der Waals surface area contributed by atoms with Crippen molar-refractivity contribution in [2.24, 2.45) is 0 Å². The lowest BCUT2D eigenvalue weighted by molar-refractivity contribution is 0.206. The summed E-state index contributed by atoms with van der Waals surface area (Å²) < 4.78 is 0. The Labute approximate surface area is 174 Å². The molecule has 1 aliphatic heterocycles. The fourth-order valence-corrected chi connectivity index (χ4v) is 3.89. The lowest BCUT2D eigenvalue weighted by Crippen LogP contribution is -2.44.